The van der Waals surface area contributed by atoms with Crippen molar-refractivity contribution in [3.05, 3.63) is 29.1 Å². The lowest BCUT2D eigenvalue weighted by atomic mass is 9.83. The van der Waals surface area contributed by atoms with Gasteiger partial charge in [0.05, 0.1) is 12.2 Å². The average molecular weight is 304 g/mol. The number of ketones is 1. The summed E-state index contributed by atoms with van der Waals surface area (Å²) in [6, 6.07) is 3.14. The van der Waals surface area contributed by atoms with Crippen molar-refractivity contribution in [1.29, 1.82) is 0 Å². The third-order valence-corrected chi connectivity index (χ3v) is 5.11. The lowest BCUT2D eigenvalue weighted by Gasteiger charge is -2.26. The first-order valence-electron chi connectivity index (χ1n) is 8.51. The van der Waals surface area contributed by atoms with Gasteiger partial charge in [0.2, 0.25) is 0 Å². The highest BCUT2D eigenvalue weighted by atomic mass is 19.1. The van der Waals surface area contributed by atoms with Gasteiger partial charge in [0, 0.05) is 6.07 Å². The molecule has 2 nitrogen and oxygen atoms in total. The third kappa shape index (κ3) is 3.50. The molecule has 2 fully saturated rings. The van der Waals surface area contributed by atoms with E-state index >= 15 is 0 Å². The van der Waals surface area contributed by atoms with Crippen molar-refractivity contribution in [2.24, 2.45) is 11.8 Å². The first-order valence-corrected chi connectivity index (χ1v) is 8.51. The molecular formula is C19H25FO2. The first-order chi connectivity index (χ1) is 10.5. The standard InChI is InChI=1S/C19H25FO2/c1-12-3-5-14(6-4-12)11-22-19-10-18(20)16(13(2)21)9-17(19)15-7-8-15/h9-10,12,14-15H,3-8,11H2,1-2H3. The highest BCUT2D eigenvalue weighted by Gasteiger charge is 2.29. The highest BCUT2D eigenvalue weighted by Crippen LogP contribution is 2.45. The van der Waals surface area contributed by atoms with E-state index < -0.39 is 5.82 Å². The van der Waals surface area contributed by atoms with E-state index in [1.807, 2.05) is 0 Å². The number of benzene rings is 1. The molecule has 0 saturated heterocycles. The van der Waals surface area contributed by atoms with Crippen molar-refractivity contribution < 1.29 is 13.9 Å². The Balaban J connectivity index is 1.72. The van der Waals surface area contributed by atoms with Crippen LogP contribution < -0.4 is 4.74 Å². The molecular weight excluding hydrogens is 279 g/mol. The van der Waals surface area contributed by atoms with Gasteiger partial charge in [0.1, 0.15) is 11.6 Å². The van der Waals surface area contributed by atoms with Gasteiger partial charge in [-0.25, -0.2) is 4.39 Å². The number of hydrogen-bond acceptors (Lipinski definition) is 2. The minimum atomic E-state index is -0.454. The van der Waals surface area contributed by atoms with Crippen molar-refractivity contribution in [3.8, 4) is 5.75 Å². The first kappa shape index (κ1) is 15.5. The molecule has 2 aliphatic rings. The Morgan fingerprint density at radius 2 is 1.86 bits per heavy atom. The molecule has 0 aromatic heterocycles. The van der Waals surface area contributed by atoms with E-state index in [0.717, 1.165) is 24.3 Å². The van der Waals surface area contributed by atoms with Crippen LogP contribution in [0.3, 0.4) is 0 Å². The van der Waals surface area contributed by atoms with Crippen molar-refractivity contribution in [2.45, 2.75) is 58.3 Å². The third-order valence-electron chi connectivity index (χ3n) is 5.11. The molecule has 2 aliphatic carbocycles. The summed E-state index contributed by atoms with van der Waals surface area (Å²) in [5, 5.41) is 0. The van der Waals surface area contributed by atoms with Crippen LogP contribution >= 0.6 is 0 Å². The summed E-state index contributed by atoms with van der Waals surface area (Å²) < 4.78 is 20.1. The summed E-state index contributed by atoms with van der Waals surface area (Å²) in [4.78, 5) is 11.5. The molecule has 0 N–H and O–H groups in total. The molecule has 1 aromatic carbocycles. The quantitative estimate of drug-likeness (QED) is 0.706. The zero-order valence-electron chi connectivity index (χ0n) is 13.5. The topological polar surface area (TPSA) is 26.3 Å². The predicted octanol–water partition coefficient (Wildman–Crippen LogP) is 5.11. The van der Waals surface area contributed by atoms with Crippen LogP contribution in [0, 0.1) is 17.7 Å². The second kappa shape index (κ2) is 6.39. The number of hydrogen-bond donors (Lipinski definition) is 0. The van der Waals surface area contributed by atoms with Crippen LogP contribution in [0.15, 0.2) is 12.1 Å². The van der Waals surface area contributed by atoms with Crippen molar-refractivity contribution in [1.82, 2.24) is 0 Å². The van der Waals surface area contributed by atoms with Crippen LogP contribution in [0.1, 0.15) is 74.2 Å². The smallest absolute Gasteiger partial charge is 0.162 e. The number of Topliss-reactive ketones (excluding diaryl/α,β-unsaturated/α-hetero) is 1. The lowest BCUT2D eigenvalue weighted by molar-refractivity contribution is 0.101. The fourth-order valence-corrected chi connectivity index (χ4v) is 3.38. The molecule has 0 atom stereocenters. The Kier molecular flexibility index (Phi) is 4.51. The van der Waals surface area contributed by atoms with Gasteiger partial charge < -0.3 is 4.74 Å². The van der Waals surface area contributed by atoms with Gasteiger partial charge >= 0.3 is 0 Å². The molecule has 22 heavy (non-hydrogen) atoms. The number of carbonyl (C=O) groups is 1. The molecule has 0 heterocycles. The van der Waals surface area contributed by atoms with E-state index in [9.17, 15) is 9.18 Å². The minimum absolute atomic E-state index is 0.195. The second-order valence-corrected chi connectivity index (χ2v) is 7.14. The Hall–Kier alpha value is -1.38. The average Bonchev–Trinajstić information content (AvgIpc) is 3.31. The van der Waals surface area contributed by atoms with E-state index in [1.165, 1.54) is 38.7 Å². The summed E-state index contributed by atoms with van der Waals surface area (Å²) in [6.45, 7) is 4.39. The van der Waals surface area contributed by atoms with Gasteiger partial charge in [-0.3, -0.25) is 4.79 Å². The van der Waals surface area contributed by atoms with E-state index in [0.29, 0.717) is 24.2 Å². The SMILES string of the molecule is CC(=O)c1cc(C2CC2)c(OCC2CCC(C)CC2)cc1F. The number of halogens is 1. The summed E-state index contributed by atoms with van der Waals surface area (Å²) in [5.74, 6) is 1.84. The molecule has 120 valence electrons. The Labute approximate surface area is 132 Å². The maximum absolute atomic E-state index is 14.1. The van der Waals surface area contributed by atoms with Gasteiger partial charge in [-0.05, 0) is 62.0 Å². The molecule has 3 heteroatoms. The molecule has 0 radical (unpaired) electrons. The zero-order valence-corrected chi connectivity index (χ0v) is 13.5. The molecule has 0 aliphatic heterocycles. The molecule has 2 saturated carbocycles. The van der Waals surface area contributed by atoms with E-state index in [4.69, 9.17) is 4.74 Å². The predicted molar refractivity (Wildman–Crippen MR) is 85.0 cm³/mol. The second-order valence-electron chi connectivity index (χ2n) is 7.14. The van der Waals surface area contributed by atoms with Crippen molar-refractivity contribution in [2.75, 3.05) is 6.61 Å². The van der Waals surface area contributed by atoms with Crippen molar-refractivity contribution >= 4 is 5.78 Å². The van der Waals surface area contributed by atoms with Gasteiger partial charge in [-0.1, -0.05) is 19.8 Å². The lowest BCUT2D eigenvalue weighted by Crippen LogP contribution is -2.19. The number of rotatable bonds is 5. The largest absolute Gasteiger partial charge is 0.493 e. The Morgan fingerprint density at radius 1 is 1.18 bits per heavy atom. The number of ether oxygens (including phenoxy) is 1. The van der Waals surface area contributed by atoms with Gasteiger partial charge in [-0.15, -0.1) is 0 Å². The fraction of sp³-hybridized carbons (Fsp3) is 0.632. The van der Waals surface area contributed by atoms with Gasteiger partial charge in [0.25, 0.3) is 0 Å². The van der Waals surface area contributed by atoms with E-state index in [-0.39, 0.29) is 11.3 Å². The summed E-state index contributed by atoms with van der Waals surface area (Å²) in [5.41, 5.74) is 1.22. The van der Waals surface area contributed by atoms with Crippen LogP contribution in [0.4, 0.5) is 4.39 Å². The van der Waals surface area contributed by atoms with Gasteiger partial charge in [0.15, 0.2) is 5.78 Å². The van der Waals surface area contributed by atoms with Crippen LogP contribution in [-0.2, 0) is 0 Å². The Bertz CT molecular complexity index is 555. The molecule has 0 unspecified atom stereocenters. The molecule has 1 aromatic rings. The van der Waals surface area contributed by atoms with Crippen LogP contribution in [0.25, 0.3) is 0 Å². The van der Waals surface area contributed by atoms with Crippen LogP contribution in [0.2, 0.25) is 0 Å². The zero-order chi connectivity index (χ0) is 15.7. The molecule has 3 rings (SSSR count). The van der Waals surface area contributed by atoms with Gasteiger partial charge in [-0.2, -0.15) is 0 Å². The minimum Gasteiger partial charge on any atom is -0.493 e. The van der Waals surface area contributed by atoms with Crippen LogP contribution in [-0.4, -0.2) is 12.4 Å². The molecule has 0 spiro atoms. The molecule has 0 amide bonds. The number of carbonyl (C=O) groups excluding carboxylic acids is 1. The summed E-state index contributed by atoms with van der Waals surface area (Å²) in [6.07, 6.45) is 7.16. The van der Waals surface area contributed by atoms with Crippen LogP contribution in [0.5, 0.6) is 5.75 Å². The van der Waals surface area contributed by atoms with E-state index in [1.54, 1.807) is 6.07 Å². The molecule has 0 bridgehead atoms. The summed E-state index contributed by atoms with van der Waals surface area (Å²) >= 11 is 0. The summed E-state index contributed by atoms with van der Waals surface area (Å²) in [7, 11) is 0. The monoisotopic (exact) mass is 304 g/mol. The highest BCUT2D eigenvalue weighted by molar-refractivity contribution is 5.94. The van der Waals surface area contributed by atoms with E-state index in [2.05, 4.69) is 6.92 Å². The van der Waals surface area contributed by atoms with Crippen molar-refractivity contribution in [3.63, 3.8) is 0 Å². The maximum atomic E-state index is 14.1. The fourth-order valence-electron chi connectivity index (χ4n) is 3.38. The normalized spacial score (nSPS) is 25.0. The Morgan fingerprint density at radius 3 is 2.45 bits per heavy atom. The maximum Gasteiger partial charge on any atom is 0.162 e.